The van der Waals surface area contributed by atoms with Crippen LogP contribution in [0.15, 0.2) is 82.7 Å². The van der Waals surface area contributed by atoms with Crippen molar-refractivity contribution >= 4 is 17.7 Å². The highest BCUT2D eigenvalue weighted by atomic mass is 32.2. The number of rotatable bonds is 13. The van der Waals surface area contributed by atoms with Gasteiger partial charge in [-0.15, -0.1) is 0 Å². The summed E-state index contributed by atoms with van der Waals surface area (Å²) in [7, 11) is 0. The van der Waals surface area contributed by atoms with E-state index in [0.717, 1.165) is 17.0 Å². The molecule has 1 aromatic heterocycles. The molecular weight excluding hydrogens is 628 g/mol. The summed E-state index contributed by atoms with van der Waals surface area (Å²) >= 11 is 0.350. The molecule has 0 fully saturated rings. The Morgan fingerprint density at radius 2 is 1.62 bits per heavy atom. The van der Waals surface area contributed by atoms with Crippen LogP contribution in [0.4, 0.5) is 17.6 Å². The molecule has 0 atom stereocenters. The average molecular weight is 679 g/mol. The van der Waals surface area contributed by atoms with Crippen molar-refractivity contribution in [2.45, 2.75) is 63.1 Å². The van der Waals surface area contributed by atoms with Gasteiger partial charge in [0, 0.05) is 44.9 Å². The Labute approximate surface area is 293 Å². The fourth-order valence-electron chi connectivity index (χ4n) is 4.71. The summed E-state index contributed by atoms with van der Waals surface area (Å²) in [5.74, 6) is -3.45. The summed E-state index contributed by atoms with van der Waals surface area (Å²) in [5.41, 5.74) is -3.64. The van der Waals surface area contributed by atoms with Crippen molar-refractivity contribution in [1.82, 2.24) is 19.4 Å². The molecule has 0 saturated carbocycles. The SMILES string of the molecule is [2H]c1c([2H])c(CSc2nc(=O)c3c(n2C([2H])([2H])C(=O)N(CCN(CC)CC)Cc2ccc(-c4ccc(C(F)(F)F)cc4)cc2)C([2H])([2H])C([2H])([2H])C3([2H])[2H])c([2H])c([2H])c1F. The first-order chi connectivity index (χ1) is 27.2. The number of halogens is 4. The molecule has 0 N–H and O–H groups in total. The lowest BCUT2D eigenvalue weighted by Crippen LogP contribution is -2.40. The van der Waals surface area contributed by atoms with E-state index in [2.05, 4.69) is 4.98 Å². The Morgan fingerprint density at radius 1 is 0.979 bits per heavy atom. The van der Waals surface area contributed by atoms with Crippen molar-refractivity contribution in [2.24, 2.45) is 0 Å². The van der Waals surface area contributed by atoms with Crippen LogP contribution in [0.1, 0.15) is 64.6 Å². The Balaban J connectivity index is 1.63. The first-order valence-electron chi connectivity index (χ1n) is 20.6. The van der Waals surface area contributed by atoms with Crippen molar-refractivity contribution in [2.75, 3.05) is 26.2 Å². The van der Waals surface area contributed by atoms with E-state index >= 15 is 0 Å². The van der Waals surface area contributed by atoms with E-state index in [1.165, 1.54) is 12.1 Å². The molecule has 11 heteroatoms. The van der Waals surface area contributed by atoms with Gasteiger partial charge in [0.2, 0.25) is 5.91 Å². The van der Waals surface area contributed by atoms with Gasteiger partial charge in [-0.05, 0) is 78.7 Å². The predicted molar refractivity (Wildman–Crippen MR) is 177 cm³/mol. The average Bonchev–Trinajstić information content (AvgIpc) is 3.28. The van der Waals surface area contributed by atoms with Gasteiger partial charge in [-0.1, -0.05) is 74.1 Å². The number of amides is 1. The smallest absolute Gasteiger partial charge is 0.336 e. The first-order valence-corrected chi connectivity index (χ1v) is 15.6. The number of thioether (sulfide) groups is 1. The van der Waals surface area contributed by atoms with Gasteiger partial charge in [0.15, 0.2) is 5.16 Å². The third kappa shape index (κ3) is 8.70. The van der Waals surface area contributed by atoms with Crippen molar-refractivity contribution in [3.05, 3.63) is 117 Å². The molecule has 1 amide bonds. The highest BCUT2D eigenvalue weighted by Crippen LogP contribution is 2.31. The highest BCUT2D eigenvalue weighted by molar-refractivity contribution is 7.98. The maximum absolute atomic E-state index is 14.7. The van der Waals surface area contributed by atoms with Gasteiger partial charge in [0.1, 0.15) is 12.3 Å². The number of fused-ring (bicyclic) bond motifs is 1. The second-order valence-corrected chi connectivity index (χ2v) is 11.3. The number of carbonyl (C=O) groups excluding carboxylic acids is 1. The molecule has 0 radical (unpaired) electrons. The van der Waals surface area contributed by atoms with Crippen molar-refractivity contribution in [3.8, 4) is 11.1 Å². The molecule has 1 aliphatic rings. The molecule has 0 spiro atoms. The van der Waals surface area contributed by atoms with Crippen LogP contribution in [-0.4, -0.2) is 51.4 Å². The Bertz CT molecular complexity index is 2280. The van der Waals surface area contributed by atoms with Crippen molar-refractivity contribution in [1.29, 1.82) is 0 Å². The normalized spacial score (nSPS) is 20.1. The second kappa shape index (κ2) is 15.3. The zero-order valence-electron chi connectivity index (χ0n) is 37.4. The Kier molecular flexibility index (Phi) is 7.10. The molecule has 0 aliphatic heterocycles. The maximum Gasteiger partial charge on any atom is 0.416 e. The molecule has 4 aromatic rings. The lowest BCUT2D eigenvalue weighted by molar-refractivity contribution is -0.137. The topological polar surface area (TPSA) is 58.4 Å². The predicted octanol–water partition coefficient (Wildman–Crippen LogP) is 7.22. The summed E-state index contributed by atoms with van der Waals surface area (Å²) in [6.45, 7) is 1.13. The van der Waals surface area contributed by atoms with Gasteiger partial charge >= 0.3 is 6.18 Å². The first kappa shape index (κ1) is 21.8. The third-order valence-corrected chi connectivity index (χ3v) is 8.34. The molecule has 6 nitrogen and oxygen atoms in total. The quantitative estimate of drug-likeness (QED) is 0.0850. The number of benzene rings is 3. The molecule has 0 unspecified atom stereocenters. The minimum absolute atomic E-state index is 0.133. The molecule has 0 saturated heterocycles. The molecule has 5 rings (SSSR count). The van der Waals surface area contributed by atoms with Crippen LogP contribution in [0.25, 0.3) is 11.1 Å². The van der Waals surface area contributed by atoms with E-state index in [1.54, 1.807) is 24.3 Å². The van der Waals surface area contributed by atoms with E-state index in [9.17, 15) is 29.9 Å². The van der Waals surface area contributed by atoms with Crippen molar-refractivity contribution in [3.63, 3.8) is 0 Å². The van der Waals surface area contributed by atoms with Crippen LogP contribution >= 0.6 is 11.8 Å². The number of nitrogens with zero attached hydrogens (tertiary/aromatic N) is 4. The van der Waals surface area contributed by atoms with E-state index in [0.29, 0.717) is 46.1 Å². The summed E-state index contributed by atoms with van der Waals surface area (Å²) in [6, 6.07) is 7.09. The van der Waals surface area contributed by atoms with Crippen LogP contribution in [0.2, 0.25) is 0 Å². The van der Waals surface area contributed by atoms with Crippen LogP contribution in [0, 0.1) is 5.82 Å². The summed E-state index contributed by atoms with van der Waals surface area (Å²) in [5, 5.41) is -0.796. The van der Waals surface area contributed by atoms with Crippen LogP contribution in [0.5, 0.6) is 0 Å². The van der Waals surface area contributed by atoms with Gasteiger partial charge in [-0.2, -0.15) is 18.2 Å². The zero-order chi connectivity index (χ0) is 44.2. The molecular formula is C36H38F4N4O2S. The van der Waals surface area contributed by atoms with Gasteiger partial charge in [0.25, 0.3) is 5.56 Å². The minimum Gasteiger partial charge on any atom is -0.336 e. The summed E-state index contributed by atoms with van der Waals surface area (Å²) in [4.78, 5) is 35.0. The highest BCUT2D eigenvalue weighted by Gasteiger charge is 2.30. The van der Waals surface area contributed by atoms with E-state index in [4.69, 9.17) is 13.7 Å². The zero-order valence-corrected chi connectivity index (χ0v) is 26.2. The molecule has 1 heterocycles. The lowest BCUT2D eigenvalue weighted by atomic mass is 10.0. The lowest BCUT2D eigenvalue weighted by Gasteiger charge is -2.28. The summed E-state index contributed by atoms with van der Waals surface area (Å²) in [6.07, 6.45) is -14.9. The van der Waals surface area contributed by atoms with E-state index < -0.39 is 107 Å². The molecule has 47 heavy (non-hydrogen) atoms. The number of carbonyl (C=O) groups is 1. The fourth-order valence-corrected chi connectivity index (χ4v) is 5.54. The maximum atomic E-state index is 14.7. The molecule has 0 bridgehead atoms. The number of alkyl halides is 3. The fraction of sp³-hybridized carbons (Fsp3) is 0.361. The number of aromatic nitrogens is 2. The molecule has 1 aliphatic carbocycles. The minimum atomic E-state index is -4.53. The van der Waals surface area contributed by atoms with Gasteiger partial charge in [-0.25, -0.2) is 4.39 Å². The second-order valence-electron chi connectivity index (χ2n) is 10.4. The van der Waals surface area contributed by atoms with Gasteiger partial charge < -0.3 is 14.4 Å². The monoisotopic (exact) mass is 678 g/mol. The van der Waals surface area contributed by atoms with Crippen LogP contribution in [0.3, 0.4) is 0 Å². The number of hydrogen-bond donors (Lipinski definition) is 0. The largest absolute Gasteiger partial charge is 0.416 e. The molecule has 3 aromatic carbocycles. The van der Waals surface area contributed by atoms with E-state index in [-0.39, 0.29) is 19.6 Å². The summed E-state index contributed by atoms with van der Waals surface area (Å²) < 4.78 is 156. The van der Waals surface area contributed by atoms with Gasteiger partial charge in [0.05, 0.1) is 13.8 Å². The van der Waals surface area contributed by atoms with Crippen LogP contribution in [-0.2, 0) is 42.5 Å². The van der Waals surface area contributed by atoms with E-state index in [1.807, 2.05) is 18.7 Å². The molecule has 248 valence electrons. The number of hydrogen-bond acceptors (Lipinski definition) is 5. The number of likely N-dealkylation sites (N-methyl/N-ethyl adjacent to an activating group) is 1. The standard InChI is InChI=1S/C36H38F4N4O2S/c1-3-42(4-2)20-21-43(22-25-8-12-27(13-9-25)28-14-16-29(17-15-28)36(38,39)40)33(45)23-44-32-7-5-6-31(32)34(46)41-35(44)47-24-26-10-18-30(37)19-11-26/h8-19H,3-7,20-24H2,1-2H3/i5D2,6D2,7D2,10D,11D,18D,19D,23D2. The Morgan fingerprint density at radius 3 is 2.23 bits per heavy atom. The van der Waals surface area contributed by atoms with Crippen molar-refractivity contribution < 1.29 is 38.8 Å². The third-order valence-electron chi connectivity index (χ3n) is 7.37. The van der Waals surface area contributed by atoms with Gasteiger partial charge in [-0.3, -0.25) is 9.59 Å². The van der Waals surface area contributed by atoms with Crippen LogP contribution < -0.4 is 5.56 Å². The Hall–Kier alpha value is -3.96.